The molecule has 0 radical (unpaired) electrons. The fourth-order valence-electron chi connectivity index (χ4n) is 1.50. The molecule has 0 aromatic carbocycles. The first-order valence-electron chi connectivity index (χ1n) is 6.57. The molecule has 0 fully saturated rings. The van der Waals surface area contributed by atoms with E-state index in [-0.39, 0.29) is 0 Å². The third-order valence-electron chi connectivity index (χ3n) is 2.41. The van der Waals surface area contributed by atoms with Gasteiger partial charge in [-0.3, -0.25) is 0 Å². The number of unbranched alkanes of at least 4 members (excludes halogenated alkanes) is 4. The summed E-state index contributed by atoms with van der Waals surface area (Å²) >= 11 is 0. The van der Waals surface area contributed by atoms with Gasteiger partial charge in [-0.25, -0.2) is 18.6 Å². The highest BCUT2D eigenvalue weighted by atomic mass is 35.7. The second-order valence-electron chi connectivity index (χ2n) is 4.22. The van der Waals surface area contributed by atoms with Crippen LogP contribution in [0.25, 0.3) is 0 Å². The van der Waals surface area contributed by atoms with Gasteiger partial charge in [0.05, 0.1) is 6.61 Å². The minimum atomic E-state index is -4.94. The van der Waals surface area contributed by atoms with Gasteiger partial charge in [-0.15, -0.1) is 10.2 Å². The summed E-state index contributed by atoms with van der Waals surface area (Å²) in [7, 11) is -4.94. The van der Waals surface area contributed by atoms with Gasteiger partial charge in [-0.1, -0.05) is 38.7 Å². The Morgan fingerprint density at radius 2 is 1.45 bits per heavy atom. The third-order valence-corrected chi connectivity index (χ3v) is 2.41. The third kappa shape index (κ3) is 17.2. The molecule has 0 atom stereocenters. The molecule has 6 nitrogen and oxygen atoms in total. The van der Waals surface area contributed by atoms with Crippen molar-refractivity contribution in [2.24, 2.45) is 0 Å². The summed E-state index contributed by atoms with van der Waals surface area (Å²) in [5.41, 5.74) is 0. The Morgan fingerprint density at radius 1 is 0.900 bits per heavy atom. The zero-order valence-corrected chi connectivity index (χ0v) is 12.5. The van der Waals surface area contributed by atoms with Gasteiger partial charge < -0.3 is 4.74 Å². The number of pyridine rings is 1. The van der Waals surface area contributed by atoms with E-state index < -0.39 is 10.2 Å². The molecule has 0 saturated heterocycles. The highest BCUT2D eigenvalue weighted by Gasteiger charge is 1.96. The molecule has 0 saturated carbocycles. The number of hydrogen-bond donors (Lipinski definition) is 0. The molecule has 1 rings (SSSR count). The zero-order chi connectivity index (χ0) is 15.3. The Bertz CT molecular complexity index is 312. The monoisotopic (exact) mass is 307 g/mol. The Kier molecular flexibility index (Phi) is 11.6. The lowest BCUT2D eigenvalue weighted by Gasteiger charge is -2.17. The SMILES string of the molecule is CCCCCCCOC[n+]1ccccc1.[O-][Cl+3]([O-])([O-])[O-]. The lowest BCUT2D eigenvalue weighted by molar-refractivity contribution is -2.00. The maximum atomic E-state index is 8.49. The molecule has 1 aromatic heterocycles. The molecular weight excluding hydrogens is 286 g/mol. The second-order valence-corrected chi connectivity index (χ2v) is 4.98. The number of nitrogens with zero attached hydrogens (tertiary/aromatic N) is 1. The summed E-state index contributed by atoms with van der Waals surface area (Å²) in [5.74, 6) is 0. The van der Waals surface area contributed by atoms with Crippen molar-refractivity contribution in [1.82, 2.24) is 0 Å². The molecule has 0 N–H and O–H groups in total. The number of hydrogen-bond acceptors (Lipinski definition) is 5. The number of ether oxygens (including phenoxy) is 1. The van der Waals surface area contributed by atoms with E-state index in [4.69, 9.17) is 23.4 Å². The summed E-state index contributed by atoms with van der Waals surface area (Å²) in [6, 6.07) is 6.05. The van der Waals surface area contributed by atoms with Crippen molar-refractivity contribution in [2.75, 3.05) is 6.61 Å². The van der Waals surface area contributed by atoms with Gasteiger partial charge in [0.2, 0.25) is 0 Å². The molecule has 1 heterocycles. The largest absolute Gasteiger partial charge is 0.323 e. The van der Waals surface area contributed by atoms with Gasteiger partial charge in [0.1, 0.15) is 0 Å². The van der Waals surface area contributed by atoms with Crippen molar-refractivity contribution in [2.45, 2.75) is 45.8 Å². The van der Waals surface area contributed by atoms with Gasteiger partial charge >= 0.3 is 0 Å². The van der Waals surface area contributed by atoms with Gasteiger partial charge in [-0.2, -0.15) is 4.57 Å². The molecular formula is C13H22ClNO5. The van der Waals surface area contributed by atoms with Crippen LogP contribution in [0.15, 0.2) is 30.6 Å². The predicted octanol–water partition coefficient (Wildman–Crippen LogP) is -1.84. The summed E-state index contributed by atoms with van der Waals surface area (Å²) in [6.45, 7) is 3.79. The van der Waals surface area contributed by atoms with Crippen LogP contribution in [0.4, 0.5) is 0 Å². The molecule has 7 heteroatoms. The topological polar surface area (TPSA) is 105 Å². The van der Waals surface area contributed by atoms with E-state index in [2.05, 4.69) is 6.92 Å². The molecule has 0 aliphatic rings. The maximum absolute atomic E-state index is 8.49. The van der Waals surface area contributed by atoms with Crippen LogP contribution in [-0.4, -0.2) is 6.61 Å². The summed E-state index contributed by atoms with van der Waals surface area (Å²) in [5, 5.41) is 0. The van der Waals surface area contributed by atoms with Crippen LogP contribution in [0.2, 0.25) is 0 Å². The Hall–Kier alpha value is -0.760. The maximum Gasteiger partial charge on any atom is 0.252 e. The minimum absolute atomic E-state index is 0.675. The summed E-state index contributed by atoms with van der Waals surface area (Å²) in [4.78, 5) is 0. The standard InChI is InChI=1S/C13H22NO.ClHO4/c1-2-3-4-5-9-12-15-13-14-10-7-6-8-11-14;2-1(3,4)5/h6-8,10-11H,2-5,9,12-13H2,1H3;(H,2,3,4,5)/q+1;/p-1. The molecule has 0 bridgehead atoms. The lowest BCUT2D eigenvalue weighted by atomic mass is 10.2. The van der Waals surface area contributed by atoms with Crippen LogP contribution >= 0.6 is 0 Å². The highest BCUT2D eigenvalue weighted by Crippen LogP contribution is 2.01. The molecule has 1 aromatic rings. The summed E-state index contributed by atoms with van der Waals surface area (Å²) in [6.07, 6.45) is 10.5. The quantitative estimate of drug-likeness (QED) is 0.414. The fourth-order valence-corrected chi connectivity index (χ4v) is 1.50. The lowest BCUT2D eigenvalue weighted by Crippen LogP contribution is -2.68. The average molecular weight is 308 g/mol. The second kappa shape index (κ2) is 12.0. The molecule has 0 unspecified atom stereocenters. The number of halogens is 1. The van der Waals surface area contributed by atoms with Gasteiger partial charge in [0.25, 0.3) is 6.73 Å². The van der Waals surface area contributed by atoms with Crippen LogP contribution in [0, 0.1) is 10.2 Å². The van der Waals surface area contributed by atoms with Gasteiger partial charge in [0.15, 0.2) is 12.4 Å². The predicted molar refractivity (Wildman–Crippen MR) is 61.3 cm³/mol. The molecule has 20 heavy (non-hydrogen) atoms. The Balaban J connectivity index is 0.000000621. The smallest absolute Gasteiger partial charge is 0.252 e. The van der Waals surface area contributed by atoms with E-state index in [1.165, 1.54) is 32.1 Å². The van der Waals surface area contributed by atoms with Crippen LogP contribution in [0.1, 0.15) is 39.0 Å². The summed E-state index contributed by atoms with van der Waals surface area (Å²) < 4.78 is 41.6. The number of aromatic nitrogens is 1. The van der Waals surface area contributed by atoms with E-state index in [9.17, 15) is 0 Å². The van der Waals surface area contributed by atoms with Crippen molar-refractivity contribution in [3.63, 3.8) is 0 Å². The van der Waals surface area contributed by atoms with Crippen molar-refractivity contribution < 1.29 is 38.2 Å². The number of rotatable bonds is 8. The zero-order valence-electron chi connectivity index (χ0n) is 11.7. The first-order valence-corrected chi connectivity index (χ1v) is 7.80. The van der Waals surface area contributed by atoms with E-state index >= 15 is 0 Å². The molecule has 116 valence electrons. The molecule has 0 aliphatic heterocycles. The van der Waals surface area contributed by atoms with Crippen LogP contribution in [0.5, 0.6) is 0 Å². The van der Waals surface area contributed by atoms with Crippen molar-refractivity contribution >= 4 is 0 Å². The van der Waals surface area contributed by atoms with E-state index in [0.29, 0.717) is 6.73 Å². The van der Waals surface area contributed by atoms with Gasteiger partial charge in [0, 0.05) is 12.1 Å². The Labute approximate surface area is 122 Å². The molecule has 0 spiro atoms. The first-order chi connectivity index (χ1) is 9.43. The van der Waals surface area contributed by atoms with E-state index in [1.807, 2.05) is 35.2 Å². The molecule has 0 aliphatic carbocycles. The van der Waals surface area contributed by atoms with Crippen molar-refractivity contribution in [3.8, 4) is 0 Å². The van der Waals surface area contributed by atoms with Crippen LogP contribution in [0.3, 0.4) is 0 Å². The highest BCUT2D eigenvalue weighted by molar-refractivity contribution is 4.83. The Morgan fingerprint density at radius 3 is 2.00 bits per heavy atom. The average Bonchev–Trinajstić information content (AvgIpc) is 2.37. The van der Waals surface area contributed by atoms with Crippen LogP contribution < -0.4 is 23.2 Å². The first kappa shape index (κ1) is 19.2. The van der Waals surface area contributed by atoms with Crippen molar-refractivity contribution in [3.05, 3.63) is 30.6 Å². The minimum Gasteiger partial charge on any atom is -0.323 e. The molecule has 0 amide bonds. The van der Waals surface area contributed by atoms with Crippen molar-refractivity contribution in [1.29, 1.82) is 0 Å². The fraction of sp³-hybridized carbons (Fsp3) is 0.615. The van der Waals surface area contributed by atoms with E-state index in [1.54, 1.807) is 0 Å². The van der Waals surface area contributed by atoms with Gasteiger partial charge in [-0.05, 0) is 6.42 Å². The normalized spacial score (nSPS) is 10.8. The van der Waals surface area contributed by atoms with E-state index in [0.717, 1.165) is 6.61 Å². The van der Waals surface area contributed by atoms with Crippen LogP contribution in [-0.2, 0) is 11.5 Å².